The van der Waals surface area contributed by atoms with Gasteiger partial charge in [-0.15, -0.1) is 5.10 Å². The highest BCUT2D eigenvalue weighted by Gasteiger charge is 2.43. The summed E-state index contributed by atoms with van der Waals surface area (Å²) in [5.41, 5.74) is 5.45. The number of rotatable bonds is 6. The summed E-state index contributed by atoms with van der Waals surface area (Å²) < 4.78 is 1.62. The largest absolute Gasteiger partial charge is 0.388 e. The van der Waals surface area contributed by atoms with Gasteiger partial charge in [-0.1, -0.05) is 11.8 Å². The Morgan fingerprint density at radius 2 is 2.41 bits per heavy atom. The van der Waals surface area contributed by atoms with Crippen LogP contribution in [0, 0.1) is 10.8 Å². The van der Waals surface area contributed by atoms with Gasteiger partial charge < -0.3 is 5.73 Å². The van der Waals surface area contributed by atoms with Crippen LogP contribution in [0.4, 0.5) is 0 Å². The summed E-state index contributed by atoms with van der Waals surface area (Å²) in [5.74, 6) is 1.12. The van der Waals surface area contributed by atoms with Gasteiger partial charge in [-0.3, -0.25) is 9.98 Å². The molecule has 4 N–H and O–H groups in total. The molecule has 0 aliphatic heterocycles. The van der Waals surface area contributed by atoms with Crippen LogP contribution in [0.25, 0.3) is 0 Å². The van der Waals surface area contributed by atoms with Crippen molar-refractivity contribution in [2.24, 2.45) is 11.1 Å². The van der Waals surface area contributed by atoms with E-state index in [-0.39, 0.29) is 16.9 Å². The molecule has 0 aromatic carbocycles. The number of nitrogens with one attached hydrogen (secondary N) is 2. The van der Waals surface area contributed by atoms with Crippen LogP contribution >= 0.6 is 11.8 Å². The third-order valence-electron chi connectivity index (χ3n) is 3.07. The standard InChI is InChI=1S/C10H17N5OS/c1-2-15-8(16)13-14-9(15)17-6-10(3-4-10)5-7(11)12/h2-6H2,1H3,(H3,11,12)(H,13,16). The number of nitrogens with zero attached hydrogens (tertiary/aromatic N) is 2. The third-order valence-corrected chi connectivity index (χ3v) is 4.40. The maximum absolute atomic E-state index is 11.4. The molecule has 1 aromatic rings. The third kappa shape index (κ3) is 2.71. The number of thioether (sulfide) groups is 1. The molecule has 1 heterocycles. The predicted molar refractivity (Wildman–Crippen MR) is 67.4 cm³/mol. The number of nitrogens with two attached hydrogens (primary N) is 1. The van der Waals surface area contributed by atoms with Gasteiger partial charge in [0.1, 0.15) is 0 Å². The first-order valence-corrected chi connectivity index (χ1v) is 6.66. The van der Waals surface area contributed by atoms with Crippen molar-refractivity contribution >= 4 is 17.6 Å². The summed E-state index contributed by atoms with van der Waals surface area (Å²) >= 11 is 1.57. The molecule has 0 spiro atoms. The molecule has 1 aliphatic rings. The minimum absolute atomic E-state index is 0.161. The van der Waals surface area contributed by atoms with Gasteiger partial charge in [0.25, 0.3) is 0 Å². The quantitative estimate of drug-likeness (QED) is 0.397. The fourth-order valence-corrected chi connectivity index (χ4v) is 3.17. The van der Waals surface area contributed by atoms with Crippen molar-refractivity contribution in [1.82, 2.24) is 14.8 Å². The summed E-state index contributed by atoms with van der Waals surface area (Å²) in [6.07, 6.45) is 2.88. The zero-order chi connectivity index (χ0) is 12.5. The highest BCUT2D eigenvalue weighted by molar-refractivity contribution is 7.99. The van der Waals surface area contributed by atoms with Crippen LogP contribution in [-0.4, -0.2) is 26.4 Å². The van der Waals surface area contributed by atoms with E-state index in [1.807, 2.05) is 6.92 Å². The summed E-state index contributed by atoms with van der Waals surface area (Å²) in [5, 5.41) is 14.5. The fraction of sp³-hybridized carbons (Fsp3) is 0.700. The van der Waals surface area contributed by atoms with Crippen molar-refractivity contribution in [3.05, 3.63) is 10.5 Å². The Balaban J connectivity index is 1.98. The number of hydrogen-bond donors (Lipinski definition) is 3. The van der Waals surface area contributed by atoms with Crippen LogP contribution in [-0.2, 0) is 6.54 Å². The smallest absolute Gasteiger partial charge is 0.343 e. The second-order valence-electron chi connectivity index (χ2n) is 4.55. The molecule has 7 heteroatoms. The van der Waals surface area contributed by atoms with Gasteiger partial charge in [0, 0.05) is 18.7 Å². The van der Waals surface area contributed by atoms with E-state index in [1.54, 1.807) is 16.3 Å². The van der Waals surface area contributed by atoms with Gasteiger partial charge >= 0.3 is 5.69 Å². The van der Waals surface area contributed by atoms with Crippen molar-refractivity contribution < 1.29 is 0 Å². The molecular formula is C10H17N5OS. The monoisotopic (exact) mass is 255 g/mol. The zero-order valence-electron chi connectivity index (χ0n) is 9.82. The molecule has 2 rings (SSSR count). The van der Waals surface area contributed by atoms with Crippen molar-refractivity contribution in [3.8, 4) is 0 Å². The number of aromatic amines is 1. The van der Waals surface area contributed by atoms with Crippen molar-refractivity contribution in [2.75, 3.05) is 5.75 Å². The second kappa shape index (κ2) is 4.56. The first-order valence-electron chi connectivity index (χ1n) is 5.67. The van der Waals surface area contributed by atoms with Gasteiger partial charge in [0.2, 0.25) is 0 Å². The number of aromatic nitrogens is 3. The molecule has 94 valence electrons. The van der Waals surface area contributed by atoms with E-state index >= 15 is 0 Å². The van der Waals surface area contributed by atoms with E-state index in [9.17, 15) is 4.79 Å². The lowest BCUT2D eigenvalue weighted by Gasteiger charge is -2.12. The molecule has 0 unspecified atom stereocenters. The van der Waals surface area contributed by atoms with Crippen molar-refractivity contribution in [3.63, 3.8) is 0 Å². The van der Waals surface area contributed by atoms with E-state index in [0.29, 0.717) is 13.0 Å². The fourth-order valence-electron chi connectivity index (χ4n) is 1.86. The average Bonchev–Trinajstić information content (AvgIpc) is 2.91. The average molecular weight is 255 g/mol. The van der Waals surface area contributed by atoms with E-state index in [1.165, 1.54) is 0 Å². The van der Waals surface area contributed by atoms with Crippen LogP contribution in [0.15, 0.2) is 9.95 Å². The number of hydrogen-bond acceptors (Lipinski definition) is 4. The van der Waals surface area contributed by atoms with Crippen LogP contribution in [0.3, 0.4) is 0 Å². The zero-order valence-corrected chi connectivity index (χ0v) is 10.6. The first kappa shape index (κ1) is 12.2. The van der Waals surface area contributed by atoms with E-state index in [2.05, 4.69) is 10.2 Å². The van der Waals surface area contributed by atoms with Crippen molar-refractivity contribution in [1.29, 1.82) is 5.41 Å². The Labute approximate surface area is 103 Å². The molecule has 6 nitrogen and oxygen atoms in total. The topological polar surface area (TPSA) is 101 Å². The van der Waals surface area contributed by atoms with Gasteiger partial charge in [0.05, 0.1) is 5.84 Å². The number of H-pyrrole nitrogens is 1. The normalized spacial score (nSPS) is 17.0. The molecule has 0 saturated heterocycles. The molecule has 1 aromatic heterocycles. The molecular weight excluding hydrogens is 238 g/mol. The summed E-state index contributed by atoms with van der Waals surface area (Å²) in [6, 6.07) is 0. The Hall–Kier alpha value is -1.24. The Bertz CT molecular complexity index is 473. The Kier molecular flexibility index (Phi) is 3.28. The van der Waals surface area contributed by atoms with E-state index in [4.69, 9.17) is 11.1 Å². The summed E-state index contributed by atoms with van der Waals surface area (Å²) in [7, 11) is 0. The maximum Gasteiger partial charge on any atom is 0.343 e. The lowest BCUT2D eigenvalue weighted by atomic mass is 10.1. The van der Waals surface area contributed by atoms with E-state index < -0.39 is 0 Å². The second-order valence-corrected chi connectivity index (χ2v) is 5.49. The van der Waals surface area contributed by atoms with Gasteiger partial charge in [-0.2, -0.15) is 0 Å². The Morgan fingerprint density at radius 3 is 2.94 bits per heavy atom. The van der Waals surface area contributed by atoms with Crippen LogP contribution in [0.2, 0.25) is 0 Å². The highest BCUT2D eigenvalue weighted by Crippen LogP contribution is 2.51. The number of amidine groups is 1. The first-order chi connectivity index (χ1) is 8.06. The molecule has 1 saturated carbocycles. The summed E-state index contributed by atoms with van der Waals surface area (Å²) in [6.45, 7) is 2.54. The predicted octanol–water partition coefficient (Wildman–Crippen LogP) is 0.790. The molecule has 0 amide bonds. The minimum Gasteiger partial charge on any atom is -0.388 e. The van der Waals surface area contributed by atoms with Crippen LogP contribution < -0.4 is 11.4 Å². The molecule has 0 atom stereocenters. The lowest BCUT2D eigenvalue weighted by Crippen LogP contribution is -2.19. The van der Waals surface area contributed by atoms with E-state index in [0.717, 1.165) is 23.8 Å². The van der Waals surface area contributed by atoms with Gasteiger partial charge in [-0.05, 0) is 25.2 Å². The molecule has 0 bridgehead atoms. The minimum atomic E-state index is -0.161. The van der Waals surface area contributed by atoms with Gasteiger partial charge in [-0.25, -0.2) is 9.89 Å². The SMILES string of the molecule is CCn1c(SCC2(CC(=N)N)CC2)n[nH]c1=O. The van der Waals surface area contributed by atoms with Gasteiger partial charge in [0.15, 0.2) is 5.16 Å². The lowest BCUT2D eigenvalue weighted by molar-refractivity contribution is 0.606. The summed E-state index contributed by atoms with van der Waals surface area (Å²) in [4.78, 5) is 11.4. The Morgan fingerprint density at radius 1 is 1.71 bits per heavy atom. The molecule has 0 radical (unpaired) electrons. The van der Waals surface area contributed by atoms with Crippen molar-refractivity contribution in [2.45, 2.75) is 37.9 Å². The molecule has 17 heavy (non-hydrogen) atoms. The molecule has 1 aliphatic carbocycles. The van der Waals surface area contributed by atoms with Crippen LogP contribution in [0.1, 0.15) is 26.2 Å². The van der Waals surface area contributed by atoms with Crippen LogP contribution in [0.5, 0.6) is 0 Å². The highest BCUT2D eigenvalue weighted by atomic mass is 32.2. The molecule has 1 fully saturated rings. The maximum atomic E-state index is 11.4.